The van der Waals surface area contributed by atoms with Gasteiger partial charge in [-0.1, -0.05) is 0 Å². The minimum absolute atomic E-state index is 0.0226. The molecule has 0 bridgehead atoms. The molecule has 2 heterocycles. The van der Waals surface area contributed by atoms with Gasteiger partial charge in [0.25, 0.3) is 5.91 Å². The number of nitrogens with zero attached hydrogens (tertiary/aromatic N) is 2. The lowest BCUT2D eigenvalue weighted by Gasteiger charge is -2.32. The molecule has 27 heavy (non-hydrogen) atoms. The minimum atomic E-state index is -0.158. The van der Waals surface area contributed by atoms with Crippen molar-refractivity contribution in [3.05, 3.63) is 40.3 Å². The summed E-state index contributed by atoms with van der Waals surface area (Å²) in [6.07, 6.45) is 6.43. The SMILES string of the molecule is COc1cc(C(=O)N2CCOC(c3nccs3)C2)ccc1OC1CCCC1. The van der Waals surface area contributed by atoms with Crippen LogP contribution in [-0.2, 0) is 4.74 Å². The number of methoxy groups -OCH3 is 1. The highest BCUT2D eigenvalue weighted by atomic mass is 32.1. The molecule has 1 aromatic carbocycles. The average Bonchev–Trinajstić information content (AvgIpc) is 3.42. The summed E-state index contributed by atoms with van der Waals surface area (Å²) >= 11 is 1.55. The van der Waals surface area contributed by atoms with Crippen LogP contribution >= 0.6 is 11.3 Å². The van der Waals surface area contributed by atoms with Gasteiger partial charge in [0.1, 0.15) is 11.1 Å². The molecule has 1 saturated carbocycles. The number of morpholine rings is 1. The molecule has 0 radical (unpaired) electrons. The summed E-state index contributed by atoms with van der Waals surface area (Å²) in [6.45, 7) is 1.59. The van der Waals surface area contributed by atoms with E-state index in [2.05, 4.69) is 4.98 Å². The zero-order valence-electron chi connectivity index (χ0n) is 15.4. The van der Waals surface area contributed by atoms with Crippen molar-refractivity contribution in [1.82, 2.24) is 9.88 Å². The highest BCUT2D eigenvalue weighted by Crippen LogP contribution is 2.33. The number of aromatic nitrogens is 1. The molecule has 2 aliphatic rings. The number of amides is 1. The van der Waals surface area contributed by atoms with Gasteiger partial charge in [0.15, 0.2) is 11.5 Å². The van der Waals surface area contributed by atoms with E-state index in [1.807, 2.05) is 22.4 Å². The molecule has 1 atom stereocenters. The molecule has 1 amide bonds. The molecule has 1 unspecified atom stereocenters. The fourth-order valence-electron chi connectivity index (χ4n) is 3.64. The molecule has 1 aromatic heterocycles. The van der Waals surface area contributed by atoms with E-state index in [0.717, 1.165) is 17.8 Å². The van der Waals surface area contributed by atoms with Crippen LogP contribution in [0.4, 0.5) is 0 Å². The van der Waals surface area contributed by atoms with Crippen LogP contribution in [0, 0.1) is 0 Å². The Morgan fingerprint density at radius 3 is 2.89 bits per heavy atom. The lowest BCUT2D eigenvalue weighted by Crippen LogP contribution is -2.42. The summed E-state index contributed by atoms with van der Waals surface area (Å²) < 4.78 is 17.3. The van der Waals surface area contributed by atoms with E-state index in [9.17, 15) is 4.79 Å². The summed E-state index contributed by atoms with van der Waals surface area (Å²) in [4.78, 5) is 19.1. The maximum Gasteiger partial charge on any atom is 0.254 e. The molecule has 6 nitrogen and oxygen atoms in total. The summed E-state index contributed by atoms with van der Waals surface area (Å²) in [5, 5.41) is 2.83. The molecule has 1 aliphatic carbocycles. The lowest BCUT2D eigenvalue weighted by molar-refractivity contribution is -0.0229. The third-order valence-corrected chi connectivity index (χ3v) is 5.95. The molecular weight excluding hydrogens is 364 g/mol. The molecule has 144 valence electrons. The van der Waals surface area contributed by atoms with Crippen molar-refractivity contribution in [1.29, 1.82) is 0 Å². The Balaban J connectivity index is 1.47. The largest absolute Gasteiger partial charge is 0.493 e. The quantitative estimate of drug-likeness (QED) is 0.782. The van der Waals surface area contributed by atoms with Crippen molar-refractivity contribution in [2.45, 2.75) is 37.9 Å². The van der Waals surface area contributed by atoms with Gasteiger partial charge in [-0.3, -0.25) is 4.79 Å². The maximum absolute atomic E-state index is 13.0. The Kier molecular flexibility index (Phi) is 5.59. The highest BCUT2D eigenvalue weighted by Gasteiger charge is 2.28. The number of thiazole rings is 1. The predicted molar refractivity (Wildman–Crippen MR) is 103 cm³/mol. The Morgan fingerprint density at radius 2 is 2.15 bits per heavy atom. The Bertz CT molecular complexity index is 774. The molecule has 2 aromatic rings. The summed E-state index contributed by atoms with van der Waals surface area (Å²) in [5.74, 6) is 1.30. The van der Waals surface area contributed by atoms with E-state index in [4.69, 9.17) is 14.2 Å². The summed E-state index contributed by atoms with van der Waals surface area (Å²) in [7, 11) is 1.61. The van der Waals surface area contributed by atoms with Gasteiger partial charge in [0, 0.05) is 23.7 Å². The number of hydrogen-bond donors (Lipinski definition) is 0. The van der Waals surface area contributed by atoms with Crippen LogP contribution in [0.15, 0.2) is 29.8 Å². The zero-order valence-corrected chi connectivity index (χ0v) is 16.2. The van der Waals surface area contributed by atoms with Crippen LogP contribution in [0.2, 0.25) is 0 Å². The number of ether oxygens (including phenoxy) is 3. The second-order valence-electron chi connectivity index (χ2n) is 6.87. The monoisotopic (exact) mass is 388 g/mol. The van der Waals surface area contributed by atoms with Crippen LogP contribution in [0.5, 0.6) is 11.5 Å². The smallest absolute Gasteiger partial charge is 0.254 e. The van der Waals surface area contributed by atoms with Gasteiger partial charge in [0.05, 0.1) is 26.4 Å². The van der Waals surface area contributed by atoms with Gasteiger partial charge in [-0.25, -0.2) is 4.98 Å². The second-order valence-corrected chi connectivity index (χ2v) is 7.80. The van der Waals surface area contributed by atoms with Crippen molar-refractivity contribution in [3.63, 3.8) is 0 Å². The first-order valence-electron chi connectivity index (χ1n) is 9.39. The van der Waals surface area contributed by atoms with E-state index >= 15 is 0 Å². The number of rotatable bonds is 5. The molecule has 0 N–H and O–H groups in total. The van der Waals surface area contributed by atoms with E-state index in [1.165, 1.54) is 12.8 Å². The van der Waals surface area contributed by atoms with Crippen molar-refractivity contribution < 1.29 is 19.0 Å². The van der Waals surface area contributed by atoms with Gasteiger partial charge < -0.3 is 19.1 Å². The van der Waals surface area contributed by atoms with Crippen molar-refractivity contribution in [2.24, 2.45) is 0 Å². The van der Waals surface area contributed by atoms with Crippen LogP contribution < -0.4 is 9.47 Å². The van der Waals surface area contributed by atoms with Gasteiger partial charge in [0.2, 0.25) is 0 Å². The molecule has 7 heteroatoms. The Labute approximate surface area is 163 Å². The number of benzene rings is 1. The number of carbonyl (C=O) groups excluding carboxylic acids is 1. The fraction of sp³-hybridized carbons (Fsp3) is 0.500. The second kappa shape index (κ2) is 8.27. The van der Waals surface area contributed by atoms with Gasteiger partial charge in [-0.05, 0) is 43.9 Å². The van der Waals surface area contributed by atoms with Crippen LogP contribution in [0.25, 0.3) is 0 Å². The van der Waals surface area contributed by atoms with Crippen LogP contribution in [0.3, 0.4) is 0 Å². The van der Waals surface area contributed by atoms with E-state index in [-0.39, 0.29) is 18.1 Å². The average molecular weight is 388 g/mol. The topological polar surface area (TPSA) is 60.9 Å². The van der Waals surface area contributed by atoms with E-state index < -0.39 is 0 Å². The van der Waals surface area contributed by atoms with Crippen molar-refractivity contribution >= 4 is 17.2 Å². The van der Waals surface area contributed by atoms with E-state index in [1.54, 1.807) is 30.7 Å². The molecule has 4 rings (SSSR count). The first kappa shape index (κ1) is 18.3. The molecule has 1 aliphatic heterocycles. The molecule has 0 spiro atoms. The van der Waals surface area contributed by atoms with Crippen molar-refractivity contribution in [3.8, 4) is 11.5 Å². The van der Waals surface area contributed by atoms with Gasteiger partial charge in [-0.15, -0.1) is 11.3 Å². The standard InChI is InChI=1S/C20H24N2O4S/c1-24-17-12-14(6-7-16(17)26-15-4-2-3-5-15)20(23)22-9-10-25-18(13-22)19-21-8-11-27-19/h6-8,11-12,15,18H,2-5,9-10,13H2,1H3. The lowest BCUT2D eigenvalue weighted by atomic mass is 10.1. The fourth-order valence-corrected chi connectivity index (χ4v) is 4.32. The van der Waals surface area contributed by atoms with Gasteiger partial charge in [-0.2, -0.15) is 0 Å². The van der Waals surface area contributed by atoms with Gasteiger partial charge >= 0.3 is 0 Å². The maximum atomic E-state index is 13.0. The normalized spacial score (nSPS) is 20.6. The summed E-state index contributed by atoms with van der Waals surface area (Å²) in [6, 6.07) is 5.45. The number of carbonyl (C=O) groups is 1. The van der Waals surface area contributed by atoms with Crippen molar-refractivity contribution in [2.75, 3.05) is 26.8 Å². The van der Waals surface area contributed by atoms with Crippen LogP contribution in [-0.4, -0.2) is 48.7 Å². The third-order valence-electron chi connectivity index (χ3n) is 5.09. The van der Waals surface area contributed by atoms with Crippen LogP contribution in [0.1, 0.15) is 47.2 Å². The first-order chi connectivity index (χ1) is 13.2. The first-order valence-corrected chi connectivity index (χ1v) is 10.3. The Morgan fingerprint density at radius 1 is 1.30 bits per heavy atom. The third kappa shape index (κ3) is 4.09. The zero-order chi connectivity index (χ0) is 18.6. The number of hydrogen-bond acceptors (Lipinski definition) is 6. The highest BCUT2D eigenvalue weighted by molar-refractivity contribution is 7.09. The predicted octanol–water partition coefficient (Wildman–Crippen LogP) is 3.69. The summed E-state index contributed by atoms with van der Waals surface area (Å²) in [5.41, 5.74) is 0.602. The molecular formula is C20H24N2O4S. The molecule has 2 fully saturated rings. The molecule has 1 saturated heterocycles. The van der Waals surface area contributed by atoms with E-state index in [0.29, 0.717) is 36.8 Å². The Hall–Kier alpha value is -2.12. The minimum Gasteiger partial charge on any atom is -0.493 e.